The molecule has 2 aromatic carbocycles. The minimum Gasteiger partial charge on any atom is -0.353 e. The van der Waals surface area contributed by atoms with E-state index in [0.717, 1.165) is 33.5 Å². The van der Waals surface area contributed by atoms with Gasteiger partial charge < -0.3 is 9.72 Å². The van der Waals surface area contributed by atoms with E-state index in [4.69, 9.17) is 11.6 Å². The number of halogens is 1. The van der Waals surface area contributed by atoms with Gasteiger partial charge in [-0.1, -0.05) is 78.9 Å². The number of aromatic nitrogens is 1. The van der Waals surface area contributed by atoms with Crippen LogP contribution >= 0.6 is 11.6 Å². The summed E-state index contributed by atoms with van der Waals surface area (Å²) in [5.41, 5.74) is 7.65. The molecule has 5 rings (SSSR count). The van der Waals surface area contributed by atoms with Crippen molar-refractivity contribution >= 4 is 51.7 Å². The number of anilines is 2. The van der Waals surface area contributed by atoms with Gasteiger partial charge in [-0.05, 0) is 48.4 Å². The van der Waals surface area contributed by atoms with Crippen molar-refractivity contribution < 1.29 is 0 Å². The Morgan fingerprint density at radius 2 is 1.60 bits per heavy atom. The lowest BCUT2D eigenvalue weighted by atomic mass is 10.1. The van der Waals surface area contributed by atoms with E-state index in [1.165, 1.54) is 16.0 Å². The van der Waals surface area contributed by atoms with Crippen LogP contribution in [0.1, 0.15) is 6.92 Å². The Labute approximate surface area is 180 Å². The fourth-order valence-corrected chi connectivity index (χ4v) is 4.43. The normalized spacial score (nSPS) is 12.9. The predicted octanol–water partition coefficient (Wildman–Crippen LogP) is 6.36. The number of benzene rings is 2. The zero-order valence-electron chi connectivity index (χ0n) is 16.7. The van der Waals surface area contributed by atoms with E-state index in [-0.39, 0.29) is 0 Å². The zero-order valence-corrected chi connectivity index (χ0v) is 17.4. The van der Waals surface area contributed by atoms with Crippen molar-refractivity contribution in [3.8, 4) is 11.1 Å². The van der Waals surface area contributed by atoms with E-state index >= 15 is 0 Å². The highest BCUT2D eigenvalue weighted by Crippen LogP contribution is 2.33. The van der Waals surface area contributed by atoms with Crippen molar-refractivity contribution in [2.75, 3.05) is 5.32 Å². The Balaban J connectivity index is 1.63. The molecule has 0 saturated carbocycles. The fourth-order valence-electron chi connectivity index (χ4n) is 4.21. The van der Waals surface area contributed by atoms with Gasteiger partial charge >= 0.3 is 0 Å². The van der Waals surface area contributed by atoms with Crippen LogP contribution in [0, 0.1) is 0 Å². The molecular formula is C27H21ClN2. The fraction of sp³-hybridized carbons (Fsp3) is 0.0370. The molecule has 0 atom stereocenters. The van der Waals surface area contributed by atoms with Crippen LogP contribution < -0.4 is 15.8 Å². The van der Waals surface area contributed by atoms with Crippen molar-refractivity contribution in [2.24, 2.45) is 0 Å². The highest BCUT2D eigenvalue weighted by molar-refractivity contribution is 6.33. The summed E-state index contributed by atoms with van der Waals surface area (Å²) in [6, 6.07) is 25.0. The van der Waals surface area contributed by atoms with E-state index in [2.05, 4.69) is 77.8 Å². The topological polar surface area (TPSA) is 16.4 Å². The number of nitrogens with zero attached hydrogens (tertiary/aromatic N) is 1. The van der Waals surface area contributed by atoms with Gasteiger partial charge in [0, 0.05) is 10.4 Å². The van der Waals surface area contributed by atoms with E-state index in [1.807, 2.05) is 36.4 Å². The van der Waals surface area contributed by atoms with Crippen molar-refractivity contribution in [1.29, 1.82) is 0 Å². The summed E-state index contributed by atoms with van der Waals surface area (Å²) in [4.78, 5) is 0. The zero-order chi connectivity index (χ0) is 20.7. The minimum absolute atomic E-state index is 0.696. The number of rotatable bonds is 4. The first-order valence-electron chi connectivity index (χ1n) is 9.98. The van der Waals surface area contributed by atoms with Crippen LogP contribution in [0.25, 0.3) is 39.8 Å². The average Bonchev–Trinajstić information content (AvgIpc) is 3.29. The molecule has 3 aromatic heterocycles. The molecule has 0 aliphatic heterocycles. The summed E-state index contributed by atoms with van der Waals surface area (Å²) >= 11 is 6.65. The second-order valence-electron chi connectivity index (χ2n) is 7.28. The second-order valence-corrected chi connectivity index (χ2v) is 7.69. The van der Waals surface area contributed by atoms with Gasteiger partial charge in [0.15, 0.2) is 0 Å². The van der Waals surface area contributed by atoms with Crippen LogP contribution in [0.3, 0.4) is 0 Å². The summed E-state index contributed by atoms with van der Waals surface area (Å²) in [5, 5.41) is 6.65. The van der Waals surface area contributed by atoms with Crippen LogP contribution in [-0.2, 0) is 0 Å². The SMILES string of the molecule is C=C/C=c1\c(=C/C)c2cccc3c(Nc4ccc(-c5ccccc5)cc4Cl)cc1n32. The molecule has 30 heavy (non-hydrogen) atoms. The third kappa shape index (κ3) is 2.89. The quantitative estimate of drug-likeness (QED) is 0.366. The van der Waals surface area contributed by atoms with Gasteiger partial charge in [-0.15, -0.1) is 0 Å². The van der Waals surface area contributed by atoms with Crippen molar-refractivity contribution in [1.82, 2.24) is 4.40 Å². The Kier molecular flexibility index (Phi) is 4.57. The Morgan fingerprint density at radius 1 is 0.800 bits per heavy atom. The smallest absolute Gasteiger partial charge is 0.0698 e. The summed E-state index contributed by atoms with van der Waals surface area (Å²) in [6.45, 7) is 5.97. The number of hydrogen-bond donors (Lipinski definition) is 1. The number of nitrogens with one attached hydrogen (secondary N) is 1. The molecule has 0 spiro atoms. The van der Waals surface area contributed by atoms with E-state index in [1.54, 1.807) is 0 Å². The molecule has 5 aromatic rings. The van der Waals surface area contributed by atoms with E-state index < -0.39 is 0 Å². The summed E-state index contributed by atoms with van der Waals surface area (Å²) in [5.74, 6) is 0. The standard InChI is InChI=1S/C27H21ClN2/c1-3-9-21-20(4-2)25-12-8-13-26-24(17-27(21)30(25)26)29-23-15-14-19(16-22(23)28)18-10-6-5-7-11-18/h3-17,29H,1H2,2H3/b20-4+,21-9+. The van der Waals surface area contributed by atoms with Crippen molar-refractivity contribution in [3.05, 3.63) is 101 Å². The lowest BCUT2D eigenvalue weighted by Gasteiger charge is -2.10. The van der Waals surface area contributed by atoms with Crippen LogP contribution in [0.4, 0.5) is 11.4 Å². The van der Waals surface area contributed by atoms with Crippen LogP contribution in [0.2, 0.25) is 5.02 Å². The Hall–Kier alpha value is -3.49. The molecular weight excluding hydrogens is 388 g/mol. The minimum atomic E-state index is 0.696. The average molecular weight is 409 g/mol. The number of pyridine rings is 1. The van der Waals surface area contributed by atoms with Crippen molar-refractivity contribution in [2.45, 2.75) is 6.92 Å². The van der Waals surface area contributed by atoms with Crippen LogP contribution in [0.5, 0.6) is 0 Å². The Bertz CT molecular complexity index is 1490. The van der Waals surface area contributed by atoms with Gasteiger partial charge in [0.25, 0.3) is 0 Å². The molecule has 0 amide bonds. The summed E-state index contributed by atoms with van der Waals surface area (Å²) in [6.07, 6.45) is 6.07. The largest absolute Gasteiger partial charge is 0.353 e. The molecule has 0 aliphatic rings. The first-order chi connectivity index (χ1) is 14.7. The summed E-state index contributed by atoms with van der Waals surface area (Å²) in [7, 11) is 0. The highest BCUT2D eigenvalue weighted by Gasteiger charge is 2.14. The monoisotopic (exact) mass is 408 g/mol. The molecule has 3 heteroatoms. The molecule has 0 aliphatic carbocycles. The molecule has 1 N–H and O–H groups in total. The van der Waals surface area contributed by atoms with Crippen molar-refractivity contribution in [3.63, 3.8) is 0 Å². The van der Waals surface area contributed by atoms with Crippen LogP contribution in [-0.4, -0.2) is 4.40 Å². The van der Waals surface area contributed by atoms with Gasteiger partial charge in [0.2, 0.25) is 0 Å². The lowest BCUT2D eigenvalue weighted by molar-refractivity contribution is 1.34. The van der Waals surface area contributed by atoms with Gasteiger partial charge in [-0.2, -0.15) is 0 Å². The molecule has 0 unspecified atom stereocenters. The molecule has 146 valence electrons. The lowest BCUT2D eigenvalue weighted by Crippen LogP contribution is -2.19. The first kappa shape index (κ1) is 18.5. The molecule has 0 bridgehead atoms. The third-order valence-electron chi connectivity index (χ3n) is 5.55. The van der Waals surface area contributed by atoms with Gasteiger partial charge in [-0.3, -0.25) is 0 Å². The molecule has 2 nitrogen and oxygen atoms in total. The van der Waals surface area contributed by atoms with E-state index in [9.17, 15) is 0 Å². The number of allylic oxidation sites excluding steroid dienone is 1. The first-order valence-corrected chi connectivity index (χ1v) is 10.4. The van der Waals surface area contributed by atoms with Gasteiger partial charge in [0.1, 0.15) is 0 Å². The molecule has 3 heterocycles. The predicted molar refractivity (Wildman–Crippen MR) is 130 cm³/mol. The maximum atomic E-state index is 6.65. The summed E-state index contributed by atoms with van der Waals surface area (Å²) < 4.78 is 2.29. The molecule has 0 saturated heterocycles. The Morgan fingerprint density at radius 3 is 2.33 bits per heavy atom. The maximum absolute atomic E-state index is 6.65. The molecule has 0 fully saturated rings. The third-order valence-corrected chi connectivity index (χ3v) is 5.86. The highest BCUT2D eigenvalue weighted by atomic mass is 35.5. The van der Waals surface area contributed by atoms with Gasteiger partial charge in [0.05, 0.1) is 32.9 Å². The van der Waals surface area contributed by atoms with Gasteiger partial charge in [-0.25, -0.2) is 0 Å². The maximum Gasteiger partial charge on any atom is 0.0698 e. The second kappa shape index (κ2) is 7.40. The van der Waals surface area contributed by atoms with Crippen LogP contribution in [0.15, 0.2) is 85.5 Å². The molecule has 0 radical (unpaired) electrons. The van der Waals surface area contributed by atoms with E-state index in [0.29, 0.717) is 5.02 Å². The number of hydrogen-bond acceptors (Lipinski definition) is 1.